The highest BCUT2D eigenvalue weighted by molar-refractivity contribution is 5.49. The van der Waals surface area contributed by atoms with Crippen LogP contribution >= 0.6 is 0 Å². The van der Waals surface area contributed by atoms with Crippen LogP contribution in [0.3, 0.4) is 0 Å². The van der Waals surface area contributed by atoms with Gasteiger partial charge in [0.1, 0.15) is 11.6 Å². The lowest BCUT2D eigenvalue weighted by Crippen LogP contribution is -2.09. The lowest BCUT2D eigenvalue weighted by Gasteiger charge is -2.13. The highest BCUT2D eigenvalue weighted by atomic mass is 16.5. The van der Waals surface area contributed by atoms with Crippen LogP contribution in [-0.2, 0) is 0 Å². The van der Waals surface area contributed by atoms with E-state index in [1.807, 2.05) is 13.8 Å². The van der Waals surface area contributed by atoms with E-state index in [0.29, 0.717) is 18.4 Å². The molecule has 1 aromatic rings. The quantitative estimate of drug-likeness (QED) is 0.764. The number of aromatic nitrogens is 2. The minimum Gasteiger partial charge on any atom is -0.477 e. The van der Waals surface area contributed by atoms with E-state index < -0.39 is 0 Å². The van der Waals surface area contributed by atoms with Crippen molar-refractivity contribution in [2.45, 2.75) is 46.0 Å². The van der Waals surface area contributed by atoms with Crippen LogP contribution in [0.25, 0.3) is 0 Å². The summed E-state index contributed by atoms with van der Waals surface area (Å²) in [5.41, 5.74) is 2.12. The molecule has 104 valence electrons. The Balaban J connectivity index is 2.16. The summed E-state index contributed by atoms with van der Waals surface area (Å²) in [7, 11) is 0. The number of hydrogen-bond donors (Lipinski definition) is 1. The van der Waals surface area contributed by atoms with Crippen LogP contribution in [0.2, 0.25) is 0 Å². The van der Waals surface area contributed by atoms with E-state index in [0.717, 1.165) is 35.7 Å². The van der Waals surface area contributed by atoms with Crippen molar-refractivity contribution in [2.75, 3.05) is 18.5 Å². The van der Waals surface area contributed by atoms with Gasteiger partial charge in [0.05, 0.1) is 12.2 Å². The van der Waals surface area contributed by atoms with E-state index in [-0.39, 0.29) is 0 Å². The summed E-state index contributed by atoms with van der Waals surface area (Å²) in [6.07, 6.45) is 3.25. The first-order valence-corrected chi connectivity index (χ1v) is 7.01. The second-order valence-corrected chi connectivity index (χ2v) is 5.22. The molecule has 0 unspecified atom stereocenters. The first-order chi connectivity index (χ1) is 9.11. The van der Waals surface area contributed by atoms with Gasteiger partial charge in [0.2, 0.25) is 5.88 Å². The largest absolute Gasteiger partial charge is 0.477 e. The normalized spacial score (nSPS) is 14.3. The Morgan fingerprint density at radius 3 is 2.74 bits per heavy atom. The van der Waals surface area contributed by atoms with E-state index in [9.17, 15) is 0 Å². The topological polar surface area (TPSA) is 47.0 Å². The van der Waals surface area contributed by atoms with E-state index in [4.69, 9.17) is 4.74 Å². The van der Waals surface area contributed by atoms with Gasteiger partial charge in [-0.25, -0.2) is 4.98 Å². The SMILES string of the molecule is C=C(C)CCOc1nc(C2CC2)nc(NCC)c1C. The molecule has 1 fully saturated rings. The predicted octanol–water partition coefficient (Wildman–Crippen LogP) is 3.44. The second-order valence-electron chi connectivity index (χ2n) is 5.22. The van der Waals surface area contributed by atoms with Gasteiger partial charge in [-0.1, -0.05) is 5.57 Å². The Bertz CT molecular complexity index is 467. The molecule has 1 saturated carbocycles. The minimum atomic E-state index is 0.529. The van der Waals surface area contributed by atoms with Gasteiger partial charge in [0.15, 0.2) is 0 Å². The van der Waals surface area contributed by atoms with Crippen molar-refractivity contribution in [1.82, 2.24) is 9.97 Å². The van der Waals surface area contributed by atoms with Crippen LogP contribution in [0, 0.1) is 6.92 Å². The zero-order valence-electron chi connectivity index (χ0n) is 12.1. The molecule has 0 saturated heterocycles. The smallest absolute Gasteiger partial charge is 0.221 e. The number of anilines is 1. The molecule has 0 atom stereocenters. The standard InChI is InChI=1S/C15H23N3O/c1-5-16-13-11(4)15(19-9-8-10(2)3)18-14(17-13)12-6-7-12/h12H,2,5-9H2,1,3-4H3,(H,16,17,18). The van der Waals surface area contributed by atoms with E-state index >= 15 is 0 Å². The number of rotatable bonds is 7. The summed E-state index contributed by atoms with van der Waals surface area (Å²) in [5.74, 6) is 3.08. The van der Waals surface area contributed by atoms with E-state index in [1.165, 1.54) is 12.8 Å². The van der Waals surface area contributed by atoms with Crippen molar-refractivity contribution in [2.24, 2.45) is 0 Å². The fourth-order valence-electron chi connectivity index (χ4n) is 1.84. The molecule has 0 amide bonds. The van der Waals surface area contributed by atoms with E-state index in [1.54, 1.807) is 0 Å². The van der Waals surface area contributed by atoms with Crippen LogP contribution in [0.15, 0.2) is 12.2 Å². The Morgan fingerprint density at radius 2 is 2.16 bits per heavy atom. The molecule has 0 aromatic carbocycles. The molecule has 4 heteroatoms. The molecule has 0 bridgehead atoms. The molecule has 1 aliphatic rings. The summed E-state index contributed by atoms with van der Waals surface area (Å²) in [6, 6.07) is 0. The average Bonchev–Trinajstić information content (AvgIpc) is 3.17. The van der Waals surface area contributed by atoms with Gasteiger partial charge < -0.3 is 10.1 Å². The van der Waals surface area contributed by atoms with Crippen LogP contribution in [0.4, 0.5) is 5.82 Å². The Kier molecular flexibility index (Phi) is 4.40. The predicted molar refractivity (Wildman–Crippen MR) is 77.8 cm³/mol. The van der Waals surface area contributed by atoms with Gasteiger partial charge in [-0.05, 0) is 33.6 Å². The van der Waals surface area contributed by atoms with Crippen LogP contribution in [0.5, 0.6) is 5.88 Å². The second kappa shape index (κ2) is 6.04. The molecule has 2 rings (SSSR count). The Hall–Kier alpha value is -1.58. The van der Waals surface area contributed by atoms with Crippen LogP contribution in [-0.4, -0.2) is 23.1 Å². The van der Waals surface area contributed by atoms with Gasteiger partial charge in [-0.15, -0.1) is 6.58 Å². The Labute approximate surface area is 115 Å². The maximum atomic E-state index is 5.80. The van der Waals surface area contributed by atoms with Gasteiger partial charge in [-0.2, -0.15) is 4.98 Å². The molecule has 1 heterocycles. The van der Waals surface area contributed by atoms with Crippen molar-refractivity contribution in [3.05, 3.63) is 23.5 Å². The fraction of sp³-hybridized carbons (Fsp3) is 0.600. The summed E-state index contributed by atoms with van der Waals surface area (Å²) >= 11 is 0. The van der Waals surface area contributed by atoms with Gasteiger partial charge in [-0.3, -0.25) is 0 Å². The molecular weight excluding hydrogens is 238 g/mol. The molecular formula is C15H23N3O. The third kappa shape index (κ3) is 3.69. The number of nitrogens with one attached hydrogen (secondary N) is 1. The van der Waals surface area contributed by atoms with Crippen molar-refractivity contribution in [3.63, 3.8) is 0 Å². The molecule has 19 heavy (non-hydrogen) atoms. The summed E-state index contributed by atoms with van der Waals surface area (Å²) < 4.78 is 5.80. The maximum absolute atomic E-state index is 5.80. The first-order valence-electron chi connectivity index (χ1n) is 7.01. The molecule has 1 N–H and O–H groups in total. The van der Waals surface area contributed by atoms with E-state index in [2.05, 4.69) is 28.8 Å². The van der Waals surface area contributed by atoms with Crippen molar-refractivity contribution >= 4 is 5.82 Å². The first kappa shape index (κ1) is 13.8. The summed E-state index contributed by atoms with van der Waals surface area (Å²) in [4.78, 5) is 9.18. The average molecular weight is 261 g/mol. The fourth-order valence-corrected chi connectivity index (χ4v) is 1.84. The summed E-state index contributed by atoms with van der Waals surface area (Å²) in [5, 5.41) is 3.29. The highest BCUT2D eigenvalue weighted by Gasteiger charge is 2.28. The molecule has 0 spiro atoms. The van der Waals surface area contributed by atoms with Gasteiger partial charge in [0, 0.05) is 18.9 Å². The van der Waals surface area contributed by atoms with Gasteiger partial charge >= 0.3 is 0 Å². The monoisotopic (exact) mass is 261 g/mol. The maximum Gasteiger partial charge on any atom is 0.221 e. The van der Waals surface area contributed by atoms with Crippen molar-refractivity contribution in [1.29, 1.82) is 0 Å². The number of hydrogen-bond acceptors (Lipinski definition) is 4. The Morgan fingerprint density at radius 1 is 1.42 bits per heavy atom. The number of nitrogens with zero attached hydrogens (tertiary/aromatic N) is 2. The molecule has 4 nitrogen and oxygen atoms in total. The minimum absolute atomic E-state index is 0.529. The summed E-state index contributed by atoms with van der Waals surface area (Å²) in [6.45, 7) is 11.5. The molecule has 0 aliphatic heterocycles. The number of ether oxygens (including phenoxy) is 1. The van der Waals surface area contributed by atoms with Crippen LogP contribution < -0.4 is 10.1 Å². The van der Waals surface area contributed by atoms with Gasteiger partial charge in [0.25, 0.3) is 0 Å². The zero-order valence-corrected chi connectivity index (χ0v) is 12.1. The van der Waals surface area contributed by atoms with Crippen LogP contribution in [0.1, 0.15) is 50.4 Å². The lowest BCUT2D eigenvalue weighted by molar-refractivity contribution is 0.305. The molecule has 1 aliphatic carbocycles. The molecule has 1 aromatic heterocycles. The van der Waals surface area contributed by atoms with Crippen molar-refractivity contribution in [3.8, 4) is 5.88 Å². The third-order valence-corrected chi connectivity index (χ3v) is 3.17. The highest BCUT2D eigenvalue weighted by Crippen LogP contribution is 2.39. The zero-order chi connectivity index (χ0) is 13.8. The van der Waals surface area contributed by atoms with Crippen molar-refractivity contribution < 1.29 is 4.74 Å². The third-order valence-electron chi connectivity index (χ3n) is 3.17. The molecule has 0 radical (unpaired) electrons. The lowest BCUT2D eigenvalue weighted by atomic mass is 10.2.